The molecule has 2 saturated carbocycles. The van der Waals surface area contributed by atoms with Crippen molar-refractivity contribution in [2.75, 3.05) is 50.4 Å². The van der Waals surface area contributed by atoms with E-state index >= 15 is 0 Å². The molecule has 2 aliphatic carbocycles. The number of benzene rings is 1. The first-order valence-electron chi connectivity index (χ1n) is 13.7. The Bertz CT molecular complexity index is 1330. The Balaban J connectivity index is 1.44. The van der Waals surface area contributed by atoms with Crippen LogP contribution in [0.4, 0.5) is 11.5 Å². The summed E-state index contributed by atoms with van der Waals surface area (Å²) in [4.78, 5) is 18.9. The van der Waals surface area contributed by atoms with Crippen molar-refractivity contribution in [3.05, 3.63) is 40.6 Å². The van der Waals surface area contributed by atoms with Crippen molar-refractivity contribution in [1.29, 1.82) is 5.41 Å². The van der Waals surface area contributed by atoms with E-state index in [4.69, 9.17) is 27.8 Å². The average Bonchev–Trinajstić information content (AvgIpc) is 3.14. The number of hydrogen-bond donors (Lipinski definition) is 2. The number of rotatable bonds is 5. The minimum absolute atomic E-state index is 0.0191. The molecule has 1 amide bonds. The molecule has 2 saturated heterocycles. The first kappa shape index (κ1) is 25.4. The predicted octanol–water partition coefficient (Wildman–Crippen LogP) is 4.42. The van der Waals surface area contributed by atoms with Gasteiger partial charge in [0.05, 0.1) is 16.6 Å². The van der Waals surface area contributed by atoms with Gasteiger partial charge in [-0.25, -0.2) is 0 Å². The third-order valence-corrected chi connectivity index (χ3v) is 10.1. The maximum atomic E-state index is 12.0. The summed E-state index contributed by atoms with van der Waals surface area (Å²) in [6.45, 7) is 12.3. The number of piperazine rings is 1. The van der Waals surface area contributed by atoms with E-state index in [0.717, 1.165) is 86.6 Å². The molecule has 0 bridgehead atoms. The molecule has 3 N–H and O–H groups in total. The third-order valence-electron chi connectivity index (χ3n) is 9.65. The molecule has 0 unspecified atom stereocenters. The molecule has 2 aliphatic heterocycles. The zero-order valence-electron chi connectivity index (χ0n) is 22.7. The van der Waals surface area contributed by atoms with Gasteiger partial charge in [0.15, 0.2) is 5.82 Å². The van der Waals surface area contributed by atoms with E-state index in [-0.39, 0.29) is 22.9 Å². The maximum Gasteiger partial charge on any atom is 0.245 e. The lowest BCUT2D eigenvalue weighted by Gasteiger charge is -2.58. The van der Waals surface area contributed by atoms with E-state index in [1.165, 1.54) is 18.7 Å². The van der Waals surface area contributed by atoms with Crippen molar-refractivity contribution in [3.8, 4) is 11.1 Å². The number of carbonyl (C=O) groups excluding carboxylic acids is 1. The molecule has 0 atom stereocenters. The van der Waals surface area contributed by atoms with E-state index in [1.54, 1.807) is 0 Å². The van der Waals surface area contributed by atoms with Crippen LogP contribution in [-0.4, -0.2) is 77.0 Å². The molecule has 4 aliphatic rings. The van der Waals surface area contributed by atoms with Crippen molar-refractivity contribution in [2.45, 2.75) is 57.5 Å². The van der Waals surface area contributed by atoms with E-state index in [0.29, 0.717) is 16.3 Å². The zero-order chi connectivity index (χ0) is 27.0. The number of nitrogens with one attached hydrogen (secondary N) is 1. The van der Waals surface area contributed by atoms with Crippen molar-refractivity contribution < 1.29 is 4.79 Å². The first-order chi connectivity index (χ1) is 18.1. The number of aryl methyl sites for hydroxylation is 1. The number of carbonyl (C=O) groups is 1. The molecule has 6 rings (SSSR count). The number of hydrogen-bond acceptors (Lipinski definition) is 6. The number of halogens is 1. The highest BCUT2D eigenvalue weighted by Gasteiger charge is 2.55. The number of likely N-dealkylation sites (tertiary alicyclic amines) is 1. The van der Waals surface area contributed by atoms with Crippen LogP contribution in [0.3, 0.4) is 0 Å². The molecule has 8 nitrogen and oxygen atoms in total. The smallest absolute Gasteiger partial charge is 0.245 e. The van der Waals surface area contributed by atoms with Crippen molar-refractivity contribution in [1.82, 2.24) is 19.6 Å². The minimum atomic E-state index is 0.0191. The van der Waals surface area contributed by atoms with Gasteiger partial charge in [-0.1, -0.05) is 18.2 Å². The molecule has 1 aromatic heterocycles. The summed E-state index contributed by atoms with van der Waals surface area (Å²) in [7, 11) is 2.21. The highest BCUT2D eigenvalue weighted by atomic mass is 35.5. The highest BCUT2D eigenvalue weighted by molar-refractivity contribution is 6.35. The van der Waals surface area contributed by atoms with Gasteiger partial charge in [-0.3, -0.25) is 9.48 Å². The number of nitrogens with zero attached hydrogens (tertiary/aromatic N) is 5. The molecule has 2 aromatic rings. The van der Waals surface area contributed by atoms with Crippen LogP contribution in [-0.2, 0) is 4.79 Å². The maximum absolute atomic E-state index is 12.0. The lowest BCUT2D eigenvalue weighted by molar-refractivity contribution is -0.149. The Morgan fingerprint density at radius 1 is 1.21 bits per heavy atom. The first-order valence-corrected chi connectivity index (χ1v) is 14.1. The van der Waals surface area contributed by atoms with Crippen LogP contribution < -0.4 is 10.6 Å². The SMILES string of the molecule is C=CC(=O)N1CC2(CC(n3nc(N4CCN(C)CC45CCC5)c(-c4c(Cl)c(C)cc(N)c4C=N)c3C)C2)C1. The number of nitrogens with two attached hydrogens (primary N) is 1. The predicted molar refractivity (Wildman–Crippen MR) is 153 cm³/mol. The molecule has 38 heavy (non-hydrogen) atoms. The standard InChI is InChI=1S/C29H38ClN7O/c1-5-23(38)35-15-28(16-35)12-20(13-28)37-19(3)24(25-21(14-31)22(32)11-18(2)26(25)30)27(33-37)36-10-9-34(4)17-29(36)7-6-8-29/h5,11,14,20,31H,1,6-10,12-13,15-17,32H2,2-4H3. The van der Waals surface area contributed by atoms with Gasteiger partial charge in [-0.2, -0.15) is 5.10 Å². The van der Waals surface area contributed by atoms with E-state index in [1.807, 2.05) is 17.9 Å². The fraction of sp³-hybridized carbons (Fsp3) is 0.552. The summed E-state index contributed by atoms with van der Waals surface area (Å²) >= 11 is 7.01. The topological polar surface area (TPSA) is 94.5 Å². The van der Waals surface area contributed by atoms with Crippen molar-refractivity contribution in [3.63, 3.8) is 0 Å². The molecular formula is C29H38ClN7O. The van der Waals surface area contributed by atoms with Gasteiger partial charge in [-0.05, 0) is 70.7 Å². The molecule has 1 aromatic carbocycles. The van der Waals surface area contributed by atoms with E-state index in [2.05, 4.69) is 35.0 Å². The van der Waals surface area contributed by atoms with Crippen molar-refractivity contribution >= 4 is 35.2 Å². The summed E-state index contributed by atoms with van der Waals surface area (Å²) in [5, 5.41) is 14.2. The number of nitrogen functional groups attached to an aromatic ring is 1. The number of anilines is 2. The largest absolute Gasteiger partial charge is 0.398 e. The lowest BCUT2D eigenvalue weighted by Crippen LogP contribution is -2.65. The van der Waals surface area contributed by atoms with Crippen LogP contribution >= 0.6 is 11.6 Å². The third kappa shape index (κ3) is 3.63. The Labute approximate surface area is 229 Å². The van der Waals surface area contributed by atoms with E-state index in [9.17, 15) is 4.79 Å². The fourth-order valence-corrected chi connectivity index (χ4v) is 7.76. The van der Waals surface area contributed by atoms with Crippen LogP contribution in [0, 0.1) is 24.7 Å². The number of likely N-dealkylation sites (N-methyl/N-ethyl adjacent to an activating group) is 1. The number of aromatic nitrogens is 2. The molecule has 2 spiro atoms. The second-order valence-corrected chi connectivity index (χ2v) is 12.6. The second kappa shape index (κ2) is 8.85. The summed E-state index contributed by atoms with van der Waals surface area (Å²) < 4.78 is 2.21. The summed E-state index contributed by atoms with van der Waals surface area (Å²) in [5.74, 6) is 0.994. The minimum Gasteiger partial charge on any atom is -0.398 e. The monoisotopic (exact) mass is 535 g/mol. The lowest BCUT2D eigenvalue weighted by atomic mass is 9.60. The normalized spacial score (nSPS) is 22.2. The molecule has 202 valence electrons. The Hall–Kier alpha value is -2.84. The van der Waals surface area contributed by atoms with Crippen LogP contribution in [0.15, 0.2) is 18.7 Å². The van der Waals surface area contributed by atoms with Gasteiger partial charge in [-0.15, -0.1) is 0 Å². The van der Waals surface area contributed by atoms with Gasteiger partial charge < -0.3 is 25.8 Å². The zero-order valence-corrected chi connectivity index (χ0v) is 23.4. The van der Waals surface area contributed by atoms with Crippen LogP contribution in [0.2, 0.25) is 5.02 Å². The van der Waals surface area contributed by atoms with Crippen LogP contribution in [0.1, 0.15) is 55.0 Å². The van der Waals surface area contributed by atoms with Crippen LogP contribution in [0.5, 0.6) is 0 Å². The quantitative estimate of drug-likeness (QED) is 0.336. The Morgan fingerprint density at radius 3 is 2.53 bits per heavy atom. The van der Waals surface area contributed by atoms with Crippen molar-refractivity contribution in [2.24, 2.45) is 5.41 Å². The summed E-state index contributed by atoms with van der Waals surface area (Å²) in [6.07, 6.45) is 8.29. The van der Waals surface area contributed by atoms with Crippen LogP contribution in [0.25, 0.3) is 11.1 Å². The average molecular weight is 536 g/mol. The molecule has 9 heteroatoms. The molecular weight excluding hydrogens is 498 g/mol. The summed E-state index contributed by atoms with van der Waals surface area (Å²) in [5.41, 5.74) is 11.8. The number of amides is 1. The Kier molecular flexibility index (Phi) is 5.92. The van der Waals surface area contributed by atoms with Gasteiger partial charge in [0, 0.05) is 72.4 Å². The van der Waals surface area contributed by atoms with E-state index < -0.39 is 0 Å². The molecule has 3 heterocycles. The Morgan fingerprint density at radius 2 is 1.92 bits per heavy atom. The fourth-order valence-electron chi connectivity index (χ4n) is 7.51. The van der Waals surface area contributed by atoms with Gasteiger partial charge >= 0.3 is 0 Å². The summed E-state index contributed by atoms with van der Waals surface area (Å²) in [6, 6.07) is 2.13. The van der Waals surface area contributed by atoms with Gasteiger partial charge in [0.2, 0.25) is 5.91 Å². The highest BCUT2D eigenvalue weighted by Crippen LogP contribution is 2.56. The molecule has 4 fully saturated rings. The molecule has 0 radical (unpaired) electrons. The van der Waals surface area contributed by atoms with Gasteiger partial charge in [0.1, 0.15) is 0 Å². The van der Waals surface area contributed by atoms with Gasteiger partial charge in [0.25, 0.3) is 0 Å². The second-order valence-electron chi connectivity index (χ2n) is 12.2.